The van der Waals surface area contributed by atoms with Crippen LogP contribution in [-0.2, 0) is 0 Å². The molecule has 2 heterocycles. The lowest BCUT2D eigenvalue weighted by atomic mass is 10.1. The number of nitrogens with zero attached hydrogens (tertiary/aromatic N) is 3. The Kier molecular flexibility index (Phi) is 2.07. The molecular weight excluding hydrogens is 220 g/mol. The van der Waals surface area contributed by atoms with Gasteiger partial charge in [-0.05, 0) is 6.07 Å². The topological polar surface area (TPSA) is 72.9 Å². The van der Waals surface area contributed by atoms with Crippen LogP contribution < -0.4 is 9.47 Å². The van der Waals surface area contributed by atoms with Gasteiger partial charge in [0.1, 0.15) is 0 Å². The Balaban J connectivity index is 2.42. The zero-order valence-corrected chi connectivity index (χ0v) is 9.39. The molecule has 0 atom stereocenters. The Morgan fingerprint density at radius 3 is 2.53 bits per heavy atom. The van der Waals surface area contributed by atoms with Crippen LogP contribution in [0.1, 0.15) is 0 Å². The van der Waals surface area contributed by atoms with E-state index in [1.807, 2.05) is 6.07 Å². The van der Waals surface area contributed by atoms with Crippen LogP contribution >= 0.6 is 0 Å². The maximum Gasteiger partial charge on any atom is 0.178 e. The Hall–Kier alpha value is -2.37. The predicted molar refractivity (Wildman–Crippen MR) is 62.3 cm³/mol. The molecule has 0 radical (unpaired) electrons. The molecule has 0 aliphatic rings. The van der Waals surface area contributed by atoms with Crippen molar-refractivity contribution < 1.29 is 9.47 Å². The van der Waals surface area contributed by atoms with E-state index >= 15 is 0 Å². The highest BCUT2D eigenvalue weighted by Gasteiger charge is 2.10. The maximum absolute atomic E-state index is 5.27. The van der Waals surface area contributed by atoms with Gasteiger partial charge in [-0.15, -0.1) is 10.2 Å². The molecule has 3 aromatic rings. The second-order valence-electron chi connectivity index (χ2n) is 3.56. The van der Waals surface area contributed by atoms with E-state index < -0.39 is 0 Å². The molecule has 2 aromatic heterocycles. The number of methoxy groups -OCH3 is 2. The van der Waals surface area contributed by atoms with E-state index in [1.54, 1.807) is 26.5 Å². The van der Waals surface area contributed by atoms with E-state index in [0.29, 0.717) is 17.1 Å². The minimum atomic E-state index is 0.636. The van der Waals surface area contributed by atoms with E-state index in [-0.39, 0.29) is 0 Å². The zero-order chi connectivity index (χ0) is 11.8. The van der Waals surface area contributed by atoms with Crippen molar-refractivity contribution in [2.45, 2.75) is 0 Å². The lowest BCUT2D eigenvalue weighted by Gasteiger charge is -2.08. The molecule has 0 unspecified atom stereocenters. The Bertz CT molecular complexity index is 692. The first kappa shape index (κ1) is 9.83. The fraction of sp³-hybridized carbons (Fsp3) is 0.182. The highest BCUT2D eigenvalue weighted by molar-refractivity contribution is 6.03. The van der Waals surface area contributed by atoms with Gasteiger partial charge in [0.05, 0.1) is 31.3 Å². The number of aromatic nitrogens is 4. The molecule has 17 heavy (non-hydrogen) atoms. The van der Waals surface area contributed by atoms with Gasteiger partial charge in [-0.2, -0.15) is 5.10 Å². The largest absolute Gasteiger partial charge is 0.493 e. The number of hydrogen-bond donors (Lipinski definition) is 1. The van der Waals surface area contributed by atoms with Crippen LogP contribution in [0.25, 0.3) is 21.9 Å². The van der Waals surface area contributed by atoms with E-state index in [9.17, 15) is 0 Å². The smallest absolute Gasteiger partial charge is 0.178 e. The van der Waals surface area contributed by atoms with Crippen LogP contribution in [0.4, 0.5) is 0 Å². The van der Waals surface area contributed by atoms with Crippen LogP contribution in [0.5, 0.6) is 11.5 Å². The van der Waals surface area contributed by atoms with Gasteiger partial charge in [-0.25, -0.2) is 0 Å². The number of ether oxygens (including phenoxy) is 2. The molecule has 1 N–H and O–H groups in total. The van der Waals surface area contributed by atoms with Crippen LogP contribution in [0.3, 0.4) is 0 Å². The molecular formula is C11H10N4O2. The van der Waals surface area contributed by atoms with Crippen molar-refractivity contribution in [2.75, 3.05) is 14.2 Å². The third kappa shape index (κ3) is 1.37. The van der Waals surface area contributed by atoms with Crippen molar-refractivity contribution in [1.29, 1.82) is 0 Å². The first-order valence-electron chi connectivity index (χ1n) is 5.05. The molecule has 0 bridgehead atoms. The summed E-state index contributed by atoms with van der Waals surface area (Å²) in [5.74, 6) is 1.30. The highest BCUT2D eigenvalue weighted by Crippen LogP contribution is 2.33. The predicted octanol–water partition coefficient (Wildman–Crippen LogP) is 1.52. The lowest BCUT2D eigenvalue weighted by molar-refractivity contribution is 0.356. The second kappa shape index (κ2) is 3.58. The maximum atomic E-state index is 5.27. The van der Waals surface area contributed by atoms with Crippen molar-refractivity contribution in [1.82, 2.24) is 20.4 Å². The molecule has 0 amide bonds. The summed E-state index contributed by atoms with van der Waals surface area (Å²) in [5.41, 5.74) is 1.40. The molecule has 6 nitrogen and oxygen atoms in total. The fourth-order valence-corrected chi connectivity index (χ4v) is 1.82. The minimum Gasteiger partial charge on any atom is -0.493 e. The number of aromatic amines is 1. The standard InChI is InChI=1S/C11H10N4O2/c1-16-9-3-6-7-5-12-14-11(7)15-13-8(6)4-10(9)17-2/h3-5H,1-2H3,(H,12,14,15). The number of nitrogens with one attached hydrogen (secondary N) is 1. The van der Waals surface area contributed by atoms with Crippen molar-refractivity contribution in [3.63, 3.8) is 0 Å². The van der Waals surface area contributed by atoms with Gasteiger partial charge in [0, 0.05) is 11.5 Å². The quantitative estimate of drug-likeness (QED) is 0.722. The van der Waals surface area contributed by atoms with Crippen LogP contribution in [0.15, 0.2) is 18.3 Å². The summed E-state index contributed by atoms with van der Waals surface area (Å²) in [7, 11) is 3.19. The summed E-state index contributed by atoms with van der Waals surface area (Å²) < 4.78 is 10.5. The van der Waals surface area contributed by atoms with Crippen molar-refractivity contribution in [3.05, 3.63) is 18.3 Å². The number of H-pyrrole nitrogens is 1. The van der Waals surface area contributed by atoms with Crippen LogP contribution in [-0.4, -0.2) is 34.6 Å². The van der Waals surface area contributed by atoms with Gasteiger partial charge in [0.15, 0.2) is 17.1 Å². The third-order valence-electron chi connectivity index (χ3n) is 2.67. The minimum absolute atomic E-state index is 0.636. The van der Waals surface area contributed by atoms with Crippen molar-refractivity contribution in [3.8, 4) is 11.5 Å². The zero-order valence-electron chi connectivity index (χ0n) is 9.39. The molecule has 0 saturated heterocycles. The van der Waals surface area contributed by atoms with Crippen molar-refractivity contribution in [2.24, 2.45) is 0 Å². The Labute approximate surface area is 96.6 Å². The van der Waals surface area contributed by atoms with E-state index in [0.717, 1.165) is 16.3 Å². The van der Waals surface area contributed by atoms with Crippen LogP contribution in [0, 0.1) is 0 Å². The van der Waals surface area contributed by atoms with Gasteiger partial charge < -0.3 is 9.47 Å². The average molecular weight is 230 g/mol. The Morgan fingerprint density at radius 2 is 1.76 bits per heavy atom. The first-order valence-corrected chi connectivity index (χ1v) is 5.05. The summed E-state index contributed by atoms with van der Waals surface area (Å²) >= 11 is 0. The lowest BCUT2D eigenvalue weighted by Crippen LogP contribution is -1.93. The van der Waals surface area contributed by atoms with Gasteiger partial charge in [-0.3, -0.25) is 5.10 Å². The molecule has 0 fully saturated rings. The van der Waals surface area contributed by atoms with Gasteiger partial charge in [0.25, 0.3) is 0 Å². The molecule has 0 saturated carbocycles. The van der Waals surface area contributed by atoms with Crippen molar-refractivity contribution >= 4 is 21.9 Å². The number of benzene rings is 1. The molecule has 0 aliphatic heterocycles. The van der Waals surface area contributed by atoms with Gasteiger partial charge in [-0.1, -0.05) is 0 Å². The number of hydrogen-bond acceptors (Lipinski definition) is 5. The first-order chi connectivity index (χ1) is 8.33. The van der Waals surface area contributed by atoms with E-state index in [2.05, 4.69) is 20.4 Å². The molecule has 0 spiro atoms. The van der Waals surface area contributed by atoms with E-state index in [4.69, 9.17) is 9.47 Å². The fourth-order valence-electron chi connectivity index (χ4n) is 1.82. The van der Waals surface area contributed by atoms with E-state index in [1.165, 1.54) is 0 Å². The summed E-state index contributed by atoms with van der Waals surface area (Å²) in [6.45, 7) is 0. The monoisotopic (exact) mass is 230 g/mol. The summed E-state index contributed by atoms with van der Waals surface area (Å²) in [6.07, 6.45) is 1.72. The van der Waals surface area contributed by atoms with Gasteiger partial charge >= 0.3 is 0 Å². The Morgan fingerprint density at radius 1 is 1.00 bits per heavy atom. The summed E-state index contributed by atoms with van der Waals surface area (Å²) in [6, 6.07) is 3.67. The summed E-state index contributed by atoms with van der Waals surface area (Å²) in [5, 5.41) is 16.7. The number of fused-ring (bicyclic) bond motifs is 3. The molecule has 3 rings (SSSR count). The normalized spacial score (nSPS) is 10.9. The molecule has 6 heteroatoms. The molecule has 0 aliphatic carbocycles. The average Bonchev–Trinajstić information content (AvgIpc) is 2.85. The molecule has 1 aromatic carbocycles. The van der Waals surface area contributed by atoms with Crippen LogP contribution in [0.2, 0.25) is 0 Å². The second-order valence-corrected chi connectivity index (χ2v) is 3.56. The van der Waals surface area contributed by atoms with Gasteiger partial charge in [0.2, 0.25) is 0 Å². The summed E-state index contributed by atoms with van der Waals surface area (Å²) in [4.78, 5) is 0. The SMILES string of the molecule is COc1cc2nnc3[nH]ncc3c2cc1OC. The number of rotatable bonds is 2. The highest BCUT2D eigenvalue weighted by atomic mass is 16.5. The molecule has 86 valence electrons. The third-order valence-corrected chi connectivity index (χ3v) is 2.67.